The van der Waals surface area contributed by atoms with Gasteiger partial charge >= 0.3 is 12.1 Å². The van der Waals surface area contributed by atoms with Crippen molar-refractivity contribution >= 4 is 23.2 Å². The molecule has 154 valence electrons. The van der Waals surface area contributed by atoms with Crippen LogP contribution in [0.4, 0.5) is 18.9 Å². The largest absolute Gasteiger partial charge is 0.493 e. The van der Waals surface area contributed by atoms with Crippen LogP contribution in [-0.2, 0) is 4.79 Å². The summed E-state index contributed by atoms with van der Waals surface area (Å²) in [6.45, 7) is 1.61. The molecule has 0 aliphatic rings. The van der Waals surface area contributed by atoms with Gasteiger partial charge in [0.25, 0.3) is 5.91 Å². The monoisotopic (exact) mass is 409 g/mol. The molecule has 0 aliphatic carbocycles. The van der Waals surface area contributed by atoms with Gasteiger partial charge in [0.15, 0.2) is 11.5 Å². The molecule has 0 aliphatic heterocycles. The Morgan fingerprint density at radius 1 is 0.931 bits per heavy atom. The summed E-state index contributed by atoms with van der Waals surface area (Å²) in [5, 5.41) is 5.72. The van der Waals surface area contributed by atoms with Crippen LogP contribution < -0.4 is 20.2 Å². The lowest BCUT2D eigenvalue weighted by atomic mass is 10.1. The first-order valence-electron chi connectivity index (χ1n) is 8.21. The van der Waals surface area contributed by atoms with Crippen molar-refractivity contribution in [3.8, 4) is 11.5 Å². The number of alkyl halides is 3. The van der Waals surface area contributed by atoms with Gasteiger partial charge in [0.2, 0.25) is 0 Å². The molecule has 0 atom stereocenters. The zero-order valence-electron chi connectivity index (χ0n) is 15.8. The molecule has 0 radical (unpaired) electrons. The third kappa shape index (κ3) is 5.71. The molecule has 0 fully saturated rings. The van der Waals surface area contributed by atoms with Crippen molar-refractivity contribution in [1.29, 1.82) is 0 Å². The molecule has 0 unspecified atom stereocenters. The van der Waals surface area contributed by atoms with Gasteiger partial charge in [-0.25, -0.2) is 5.43 Å². The van der Waals surface area contributed by atoms with E-state index in [0.717, 1.165) is 0 Å². The SMILES string of the molecule is COc1ccc(C(=O)N/N=C(/C)c2ccc(NC(=O)C(F)(F)F)cc2)cc1OC. The van der Waals surface area contributed by atoms with Gasteiger partial charge in [0, 0.05) is 11.3 Å². The van der Waals surface area contributed by atoms with Gasteiger partial charge in [-0.05, 0) is 42.8 Å². The molecule has 0 saturated heterocycles. The zero-order valence-corrected chi connectivity index (χ0v) is 15.8. The second kappa shape index (κ2) is 9.09. The number of hydrazone groups is 1. The number of methoxy groups -OCH3 is 2. The molecule has 2 aromatic carbocycles. The number of carbonyl (C=O) groups excluding carboxylic acids is 2. The highest BCUT2D eigenvalue weighted by Gasteiger charge is 2.38. The summed E-state index contributed by atoms with van der Waals surface area (Å²) < 4.78 is 47.0. The number of rotatable bonds is 6. The van der Waals surface area contributed by atoms with E-state index in [-0.39, 0.29) is 5.69 Å². The van der Waals surface area contributed by atoms with Crippen molar-refractivity contribution in [1.82, 2.24) is 5.43 Å². The average Bonchev–Trinajstić information content (AvgIpc) is 2.70. The van der Waals surface area contributed by atoms with Crippen molar-refractivity contribution in [3.05, 3.63) is 53.6 Å². The Morgan fingerprint density at radius 3 is 2.07 bits per heavy atom. The quantitative estimate of drug-likeness (QED) is 0.566. The van der Waals surface area contributed by atoms with Crippen LogP contribution in [0.3, 0.4) is 0 Å². The number of nitrogens with one attached hydrogen (secondary N) is 2. The topological polar surface area (TPSA) is 89.0 Å². The van der Waals surface area contributed by atoms with E-state index in [4.69, 9.17) is 9.47 Å². The van der Waals surface area contributed by atoms with Gasteiger partial charge in [-0.2, -0.15) is 18.3 Å². The molecule has 0 saturated carbocycles. The molecule has 10 heteroatoms. The van der Waals surface area contributed by atoms with E-state index in [9.17, 15) is 22.8 Å². The standard InChI is InChI=1S/C19H18F3N3O4/c1-11(12-4-7-14(8-5-12)23-18(27)19(20,21)22)24-25-17(26)13-6-9-15(28-2)16(10-13)29-3/h4-10H,1-3H3,(H,23,27)(H,25,26)/b24-11-. The molecule has 0 spiro atoms. The summed E-state index contributed by atoms with van der Waals surface area (Å²) in [6, 6.07) is 10.2. The summed E-state index contributed by atoms with van der Waals surface area (Å²) >= 11 is 0. The number of nitrogens with zero attached hydrogens (tertiary/aromatic N) is 1. The van der Waals surface area contributed by atoms with E-state index in [1.165, 1.54) is 44.6 Å². The van der Waals surface area contributed by atoms with Crippen molar-refractivity contribution in [2.75, 3.05) is 19.5 Å². The van der Waals surface area contributed by atoms with Gasteiger partial charge in [0.05, 0.1) is 19.9 Å². The fourth-order valence-corrected chi connectivity index (χ4v) is 2.24. The second-order valence-corrected chi connectivity index (χ2v) is 5.74. The van der Waals surface area contributed by atoms with Crippen LogP contribution in [-0.4, -0.2) is 37.9 Å². The molecular formula is C19H18F3N3O4. The number of halogens is 3. The maximum atomic E-state index is 12.3. The lowest BCUT2D eigenvalue weighted by Gasteiger charge is -2.09. The van der Waals surface area contributed by atoms with E-state index >= 15 is 0 Å². The Morgan fingerprint density at radius 2 is 1.52 bits per heavy atom. The number of ether oxygens (including phenoxy) is 2. The molecule has 2 amide bonds. The van der Waals surface area contributed by atoms with Crippen LogP contribution in [0.25, 0.3) is 0 Å². The minimum atomic E-state index is -4.97. The van der Waals surface area contributed by atoms with E-state index in [1.807, 2.05) is 0 Å². The van der Waals surface area contributed by atoms with E-state index in [1.54, 1.807) is 24.4 Å². The Labute approximate surface area is 164 Å². The normalized spacial score (nSPS) is 11.6. The molecule has 0 aromatic heterocycles. The minimum Gasteiger partial charge on any atom is -0.493 e. The molecule has 7 nitrogen and oxygen atoms in total. The summed E-state index contributed by atoms with van der Waals surface area (Å²) in [4.78, 5) is 23.2. The highest BCUT2D eigenvalue weighted by Crippen LogP contribution is 2.27. The van der Waals surface area contributed by atoms with Gasteiger partial charge in [0.1, 0.15) is 0 Å². The highest BCUT2D eigenvalue weighted by atomic mass is 19.4. The highest BCUT2D eigenvalue weighted by molar-refractivity contribution is 6.01. The summed E-state index contributed by atoms with van der Waals surface area (Å²) in [5.74, 6) is -1.68. The van der Waals surface area contributed by atoms with Crippen molar-refractivity contribution in [3.63, 3.8) is 0 Å². The lowest BCUT2D eigenvalue weighted by Crippen LogP contribution is -2.29. The summed E-state index contributed by atoms with van der Waals surface area (Å²) in [5.41, 5.74) is 3.62. The molecule has 2 aromatic rings. The number of carbonyl (C=O) groups is 2. The third-order valence-corrected chi connectivity index (χ3v) is 3.79. The van der Waals surface area contributed by atoms with Gasteiger partial charge < -0.3 is 14.8 Å². The number of hydrogen-bond donors (Lipinski definition) is 2. The second-order valence-electron chi connectivity index (χ2n) is 5.74. The number of hydrogen-bond acceptors (Lipinski definition) is 5. The Kier molecular flexibility index (Phi) is 6.81. The fraction of sp³-hybridized carbons (Fsp3) is 0.211. The fourth-order valence-electron chi connectivity index (χ4n) is 2.24. The van der Waals surface area contributed by atoms with Crippen molar-refractivity contribution in [2.24, 2.45) is 5.10 Å². The first-order valence-corrected chi connectivity index (χ1v) is 8.21. The predicted octanol–water partition coefficient (Wildman–Crippen LogP) is 3.36. The number of anilines is 1. The van der Waals surface area contributed by atoms with Gasteiger partial charge in [-0.1, -0.05) is 12.1 Å². The molecular weight excluding hydrogens is 391 g/mol. The van der Waals surface area contributed by atoms with Crippen molar-refractivity contribution in [2.45, 2.75) is 13.1 Å². The van der Waals surface area contributed by atoms with Crippen LogP contribution in [0.15, 0.2) is 47.6 Å². The Balaban J connectivity index is 2.06. The smallest absolute Gasteiger partial charge is 0.471 e. The number of amides is 2. The Hall–Kier alpha value is -3.56. The first kappa shape index (κ1) is 21.7. The Bertz CT molecular complexity index is 925. The summed E-state index contributed by atoms with van der Waals surface area (Å²) in [7, 11) is 2.92. The summed E-state index contributed by atoms with van der Waals surface area (Å²) in [6.07, 6.45) is -4.97. The average molecular weight is 409 g/mol. The van der Waals surface area contributed by atoms with Gasteiger partial charge in [-0.3, -0.25) is 9.59 Å². The lowest BCUT2D eigenvalue weighted by molar-refractivity contribution is -0.167. The predicted molar refractivity (Wildman–Crippen MR) is 100 cm³/mol. The molecule has 0 heterocycles. The van der Waals surface area contributed by atoms with Crippen LogP contribution in [0.1, 0.15) is 22.8 Å². The van der Waals surface area contributed by atoms with Crippen LogP contribution in [0.2, 0.25) is 0 Å². The molecule has 2 rings (SSSR count). The maximum Gasteiger partial charge on any atom is 0.471 e. The number of benzene rings is 2. The van der Waals surface area contributed by atoms with Crippen LogP contribution in [0, 0.1) is 0 Å². The van der Waals surface area contributed by atoms with E-state index < -0.39 is 18.0 Å². The molecule has 2 N–H and O–H groups in total. The van der Waals surface area contributed by atoms with E-state index in [2.05, 4.69) is 10.5 Å². The van der Waals surface area contributed by atoms with Crippen LogP contribution in [0.5, 0.6) is 11.5 Å². The van der Waals surface area contributed by atoms with E-state index in [0.29, 0.717) is 28.3 Å². The minimum absolute atomic E-state index is 0.0155. The molecule has 0 bridgehead atoms. The van der Waals surface area contributed by atoms with Gasteiger partial charge in [-0.15, -0.1) is 0 Å². The zero-order chi connectivity index (χ0) is 21.6. The first-order chi connectivity index (χ1) is 13.7. The molecule has 29 heavy (non-hydrogen) atoms. The van der Waals surface area contributed by atoms with Crippen molar-refractivity contribution < 1.29 is 32.2 Å². The maximum absolute atomic E-state index is 12.3. The third-order valence-electron chi connectivity index (χ3n) is 3.79. The van der Waals surface area contributed by atoms with Crippen LogP contribution >= 0.6 is 0 Å².